The first kappa shape index (κ1) is 23.9. The first-order valence-electron chi connectivity index (χ1n) is 12.2. The van der Waals surface area contributed by atoms with E-state index in [4.69, 9.17) is 9.52 Å². The van der Waals surface area contributed by atoms with E-state index in [2.05, 4.69) is 20.9 Å². The Morgan fingerprint density at radius 3 is 2.47 bits per heavy atom. The van der Waals surface area contributed by atoms with Crippen molar-refractivity contribution in [2.24, 2.45) is 5.10 Å². The van der Waals surface area contributed by atoms with Crippen molar-refractivity contribution in [2.75, 3.05) is 0 Å². The number of amides is 1. The van der Waals surface area contributed by atoms with Gasteiger partial charge in [0.1, 0.15) is 11.8 Å². The fourth-order valence-electron chi connectivity index (χ4n) is 4.82. The van der Waals surface area contributed by atoms with Gasteiger partial charge in [0.05, 0.1) is 17.5 Å². The molecule has 6 rings (SSSR count). The van der Waals surface area contributed by atoms with Gasteiger partial charge < -0.3 is 9.40 Å². The van der Waals surface area contributed by atoms with Crippen LogP contribution in [0.25, 0.3) is 28.1 Å². The molecule has 0 unspecified atom stereocenters. The van der Waals surface area contributed by atoms with Gasteiger partial charge in [-0.1, -0.05) is 76.6 Å². The molecule has 1 N–H and O–H groups in total. The van der Waals surface area contributed by atoms with Crippen LogP contribution in [-0.2, 0) is 4.79 Å². The van der Waals surface area contributed by atoms with Crippen molar-refractivity contribution < 1.29 is 9.21 Å². The lowest BCUT2D eigenvalue weighted by Crippen LogP contribution is -2.24. The predicted octanol–water partition coefficient (Wildman–Crippen LogP) is 6.94. The minimum absolute atomic E-state index is 0.259. The Morgan fingerprint density at radius 2 is 1.74 bits per heavy atom. The van der Waals surface area contributed by atoms with Crippen LogP contribution in [0, 0.1) is 0 Å². The maximum absolute atomic E-state index is 13.6. The summed E-state index contributed by atoms with van der Waals surface area (Å²) in [5, 5.41) is 7.03. The van der Waals surface area contributed by atoms with Crippen LogP contribution < -0.4 is 5.56 Å². The second-order valence-electron chi connectivity index (χ2n) is 8.97. The maximum Gasteiger partial charge on any atom is 0.267 e. The van der Waals surface area contributed by atoms with Crippen molar-refractivity contribution in [2.45, 2.75) is 12.5 Å². The molecule has 186 valence electrons. The van der Waals surface area contributed by atoms with Crippen LogP contribution in [0.4, 0.5) is 0 Å². The summed E-state index contributed by atoms with van der Waals surface area (Å²) in [5.74, 6) is 0.304. The molecule has 0 fully saturated rings. The Morgan fingerprint density at radius 1 is 0.974 bits per heavy atom. The number of pyridine rings is 1. The van der Waals surface area contributed by atoms with Crippen LogP contribution in [0.5, 0.6) is 0 Å². The van der Waals surface area contributed by atoms with Gasteiger partial charge in [0.15, 0.2) is 0 Å². The first-order chi connectivity index (χ1) is 18.6. The zero-order valence-corrected chi connectivity index (χ0v) is 21.8. The number of furan rings is 1. The molecule has 1 aliphatic rings. The molecular formula is C31H22BrN3O3. The van der Waals surface area contributed by atoms with Crippen molar-refractivity contribution in [3.63, 3.8) is 0 Å². The van der Waals surface area contributed by atoms with Gasteiger partial charge in [-0.2, -0.15) is 5.10 Å². The van der Waals surface area contributed by atoms with Gasteiger partial charge >= 0.3 is 0 Å². The summed E-state index contributed by atoms with van der Waals surface area (Å²) in [6, 6.07) is 28.3. The number of H-pyrrole nitrogens is 1. The Hall–Kier alpha value is -4.49. The molecule has 5 aromatic rings. The van der Waals surface area contributed by atoms with Gasteiger partial charge in [-0.05, 0) is 47.5 Å². The van der Waals surface area contributed by atoms with E-state index in [1.54, 1.807) is 18.4 Å². The number of hydrazone groups is 1. The normalized spacial score (nSPS) is 15.3. The number of nitrogens with one attached hydrogen (secondary N) is 1. The molecule has 38 heavy (non-hydrogen) atoms. The van der Waals surface area contributed by atoms with Crippen molar-refractivity contribution in [1.29, 1.82) is 0 Å². The SMILES string of the molecule is O=C(/C=C/c1ccccc1)N1N=C(c2c(-c3ccccc3)c3cc(Br)ccc3[nH]c2=O)C[C@H]1c1ccco1. The molecule has 7 heteroatoms. The number of fused-ring (bicyclic) bond motifs is 1. The van der Waals surface area contributed by atoms with Gasteiger partial charge in [-0.3, -0.25) is 9.59 Å². The fraction of sp³-hybridized carbons (Fsp3) is 0.0645. The number of hydrogen-bond acceptors (Lipinski definition) is 4. The van der Waals surface area contributed by atoms with Crippen molar-refractivity contribution in [3.05, 3.63) is 135 Å². The highest BCUT2D eigenvalue weighted by atomic mass is 79.9. The quantitative estimate of drug-likeness (QED) is 0.235. The van der Waals surface area contributed by atoms with Crippen LogP contribution in [-0.4, -0.2) is 21.6 Å². The van der Waals surface area contributed by atoms with E-state index in [1.165, 1.54) is 11.1 Å². The number of carbonyl (C=O) groups is 1. The van der Waals surface area contributed by atoms with E-state index >= 15 is 0 Å². The highest BCUT2D eigenvalue weighted by molar-refractivity contribution is 9.10. The second-order valence-corrected chi connectivity index (χ2v) is 9.88. The molecule has 3 heterocycles. The van der Waals surface area contributed by atoms with Crippen LogP contribution in [0.15, 0.2) is 122 Å². The first-order valence-corrected chi connectivity index (χ1v) is 13.0. The smallest absolute Gasteiger partial charge is 0.267 e. The molecule has 0 radical (unpaired) electrons. The number of aromatic nitrogens is 1. The zero-order valence-electron chi connectivity index (χ0n) is 20.2. The lowest BCUT2D eigenvalue weighted by atomic mass is 9.92. The molecule has 6 nitrogen and oxygen atoms in total. The number of hydrogen-bond donors (Lipinski definition) is 1. The highest BCUT2D eigenvalue weighted by Crippen LogP contribution is 2.37. The fourth-order valence-corrected chi connectivity index (χ4v) is 5.18. The van der Waals surface area contributed by atoms with E-state index in [-0.39, 0.29) is 11.5 Å². The summed E-state index contributed by atoms with van der Waals surface area (Å²) >= 11 is 3.57. The molecule has 0 spiro atoms. The van der Waals surface area contributed by atoms with Crippen LogP contribution in [0.1, 0.15) is 29.3 Å². The summed E-state index contributed by atoms with van der Waals surface area (Å²) in [7, 11) is 0. The highest BCUT2D eigenvalue weighted by Gasteiger charge is 2.36. The molecule has 0 saturated heterocycles. The Bertz CT molecular complexity index is 1740. The van der Waals surface area contributed by atoms with E-state index in [1.807, 2.05) is 84.9 Å². The second kappa shape index (κ2) is 10.1. The molecule has 1 atom stereocenters. The zero-order chi connectivity index (χ0) is 26.1. The molecule has 2 aromatic heterocycles. The third kappa shape index (κ3) is 4.53. The molecular weight excluding hydrogens is 542 g/mol. The van der Waals surface area contributed by atoms with Crippen molar-refractivity contribution in [3.8, 4) is 11.1 Å². The number of aromatic amines is 1. The van der Waals surface area contributed by atoms with Gasteiger partial charge in [0, 0.05) is 33.4 Å². The van der Waals surface area contributed by atoms with Crippen molar-refractivity contribution in [1.82, 2.24) is 9.99 Å². The molecule has 1 aliphatic heterocycles. The van der Waals surface area contributed by atoms with Crippen molar-refractivity contribution >= 4 is 44.5 Å². The Balaban J connectivity index is 1.51. The molecule has 0 aliphatic carbocycles. The topological polar surface area (TPSA) is 78.7 Å². The number of benzene rings is 3. The summed E-state index contributed by atoms with van der Waals surface area (Å²) in [6.45, 7) is 0. The summed E-state index contributed by atoms with van der Waals surface area (Å²) in [6.07, 6.45) is 5.16. The molecule has 1 amide bonds. The molecule has 0 bridgehead atoms. The lowest BCUT2D eigenvalue weighted by Gasteiger charge is -2.18. The van der Waals surface area contributed by atoms with Gasteiger partial charge in [0.25, 0.3) is 11.5 Å². The van der Waals surface area contributed by atoms with Crippen LogP contribution >= 0.6 is 15.9 Å². The monoisotopic (exact) mass is 563 g/mol. The van der Waals surface area contributed by atoms with Crippen LogP contribution in [0.3, 0.4) is 0 Å². The lowest BCUT2D eigenvalue weighted by molar-refractivity contribution is -0.128. The minimum Gasteiger partial charge on any atom is -0.467 e. The van der Waals surface area contributed by atoms with Gasteiger partial charge in [0.2, 0.25) is 0 Å². The number of nitrogens with zero attached hydrogens (tertiary/aromatic N) is 2. The average Bonchev–Trinajstić information content (AvgIpc) is 3.63. The average molecular weight is 564 g/mol. The largest absolute Gasteiger partial charge is 0.467 e. The standard InChI is InChI=1S/C31H22BrN3O3/c32-22-14-15-24-23(18-22)29(21-10-5-2-6-11-21)30(31(37)33-24)25-19-26(27-12-7-17-38-27)35(34-25)28(36)16-13-20-8-3-1-4-9-20/h1-18,26H,19H2,(H,33,37)/b16-13+/t26-/m0/s1. The minimum atomic E-state index is -0.478. The Labute approximate surface area is 227 Å². The predicted molar refractivity (Wildman–Crippen MR) is 153 cm³/mol. The third-order valence-corrected chi connectivity index (χ3v) is 7.05. The molecule has 0 saturated carbocycles. The van der Waals surface area contributed by atoms with Crippen LogP contribution in [0.2, 0.25) is 0 Å². The number of rotatable bonds is 5. The summed E-state index contributed by atoms with van der Waals surface area (Å²) in [5.41, 5.74) is 4.00. The summed E-state index contributed by atoms with van der Waals surface area (Å²) in [4.78, 5) is 30.0. The van der Waals surface area contributed by atoms with E-state index in [0.29, 0.717) is 23.5 Å². The van der Waals surface area contributed by atoms with E-state index < -0.39 is 6.04 Å². The number of halogens is 1. The maximum atomic E-state index is 13.6. The summed E-state index contributed by atoms with van der Waals surface area (Å²) < 4.78 is 6.59. The van der Waals surface area contributed by atoms with Gasteiger partial charge in [-0.25, -0.2) is 5.01 Å². The van der Waals surface area contributed by atoms with E-state index in [0.717, 1.165) is 32.1 Å². The molecule has 3 aromatic carbocycles. The van der Waals surface area contributed by atoms with Gasteiger partial charge in [-0.15, -0.1) is 0 Å². The third-order valence-electron chi connectivity index (χ3n) is 6.55. The number of carbonyl (C=O) groups excluding carboxylic acids is 1. The van der Waals surface area contributed by atoms with E-state index in [9.17, 15) is 9.59 Å². The Kier molecular flexibility index (Phi) is 6.35.